The minimum Gasteiger partial charge on any atom is -0.487 e. The Hall–Kier alpha value is -1.47. The number of hydrogen-bond acceptors (Lipinski definition) is 4. The second-order valence-electron chi connectivity index (χ2n) is 6.87. The fourth-order valence-electron chi connectivity index (χ4n) is 3.39. The highest BCUT2D eigenvalue weighted by molar-refractivity contribution is 7.91. The van der Waals surface area contributed by atoms with Crippen LogP contribution in [0.4, 0.5) is 0 Å². The number of likely N-dealkylation sites (tertiary alicyclic amines) is 1. The molecule has 2 aliphatic heterocycles. The molecule has 0 aromatic heterocycles. The van der Waals surface area contributed by atoms with Crippen molar-refractivity contribution in [2.45, 2.75) is 25.9 Å². The molecule has 1 aromatic rings. The molecule has 26 heavy (non-hydrogen) atoms. The van der Waals surface area contributed by atoms with E-state index in [9.17, 15) is 8.42 Å². The van der Waals surface area contributed by atoms with Gasteiger partial charge in [-0.1, -0.05) is 23.7 Å². The Morgan fingerprint density at radius 2 is 2.19 bits per heavy atom. The van der Waals surface area contributed by atoms with E-state index in [0.717, 1.165) is 32.0 Å². The second-order valence-corrected chi connectivity index (χ2v) is 9.50. The third-order valence-electron chi connectivity index (χ3n) is 4.74. The molecule has 2 aliphatic rings. The van der Waals surface area contributed by atoms with E-state index >= 15 is 0 Å². The van der Waals surface area contributed by atoms with Crippen molar-refractivity contribution in [3.8, 4) is 5.75 Å². The number of nitrogens with one attached hydrogen (secondary N) is 1. The Labute approximate surface area is 160 Å². The molecule has 2 fully saturated rings. The zero-order chi connectivity index (χ0) is 18.6. The van der Waals surface area contributed by atoms with E-state index in [4.69, 9.17) is 16.3 Å². The molecule has 2 unspecified atom stereocenters. The summed E-state index contributed by atoms with van der Waals surface area (Å²) in [5.74, 6) is 2.22. The molecular weight excluding hydrogens is 374 g/mol. The molecule has 0 saturated carbocycles. The average Bonchev–Trinajstić information content (AvgIpc) is 3.20. The lowest BCUT2D eigenvalue weighted by atomic mass is 10.1. The molecule has 1 N–H and O–H groups in total. The summed E-state index contributed by atoms with van der Waals surface area (Å²) in [4.78, 5) is 6.86. The van der Waals surface area contributed by atoms with Crippen LogP contribution >= 0.6 is 11.6 Å². The molecule has 2 saturated heterocycles. The molecule has 2 atom stereocenters. The summed E-state index contributed by atoms with van der Waals surface area (Å²) in [5.41, 5.74) is 0. The fraction of sp³-hybridized carbons (Fsp3) is 0.611. The summed E-state index contributed by atoms with van der Waals surface area (Å²) >= 11 is 6.17. The van der Waals surface area contributed by atoms with E-state index in [1.54, 1.807) is 0 Å². The number of guanidine groups is 1. The van der Waals surface area contributed by atoms with Gasteiger partial charge in [-0.15, -0.1) is 0 Å². The predicted molar refractivity (Wildman–Crippen MR) is 105 cm³/mol. The van der Waals surface area contributed by atoms with Gasteiger partial charge < -0.3 is 15.0 Å². The Balaban J connectivity index is 1.58. The molecule has 0 spiro atoms. The van der Waals surface area contributed by atoms with Crippen LogP contribution in [-0.2, 0) is 9.84 Å². The first-order valence-electron chi connectivity index (χ1n) is 9.11. The Kier molecular flexibility index (Phi) is 6.29. The number of ether oxygens (including phenoxy) is 1. The molecule has 6 nitrogen and oxygen atoms in total. The molecule has 0 bridgehead atoms. The van der Waals surface area contributed by atoms with Crippen LogP contribution < -0.4 is 10.1 Å². The Morgan fingerprint density at radius 3 is 2.88 bits per heavy atom. The number of nitrogens with zero attached hydrogens (tertiary/aromatic N) is 2. The topological polar surface area (TPSA) is 71.0 Å². The quantitative estimate of drug-likeness (QED) is 0.607. The van der Waals surface area contributed by atoms with Crippen LogP contribution in [0.15, 0.2) is 29.3 Å². The van der Waals surface area contributed by atoms with Gasteiger partial charge in [0.05, 0.1) is 23.1 Å². The summed E-state index contributed by atoms with van der Waals surface area (Å²) in [6, 6.07) is 7.50. The van der Waals surface area contributed by atoms with Crippen molar-refractivity contribution < 1.29 is 13.2 Å². The lowest BCUT2D eigenvalue weighted by Crippen LogP contribution is -2.41. The summed E-state index contributed by atoms with van der Waals surface area (Å²) in [6.07, 6.45) is 1.67. The van der Waals surface area contributed by atoms with Gasteiger partial charge in [-0.25, -0.2) is 8.42 Å². The van der Waals surface area contributed by atoms with E-state index in [2.05, 4.69) is 15.2 Å². The van der Waals surface area contributed by atoms with Crippen LogP contribution in [0, 0.1) is 5.92 Å². The van der Waals surface area contributed by atoms with E-state index in [-0.39, 0.29) is 17.8 Å². The van der Waals surface area contributed by atoms with Crippen molar-refractivity contribution >= 4 is 27.4 Å². The molecule has 0 amide bonds. The van der Waals surface area contributed by atoms with Gasteiger partial charge in [-0.3, -0.25) is 4.99 Å². The maximum absolute atomic E-state index is 11.6. The van der Waals surface area contributed by atoms with Crippen molar-refractivity contribution in [1.82, 2.24) is 10.2 Å². The van der Waals surface area contributed by atoms with E-state index in [1.165, 1.54) is 0 Å². The second kappa shape index (κ2) is 8.48. The fourth-order valence-corrected chi connectivity index (χ4v) is 5.42. The lowest BCUT2D eigenvalue weighted by molar-refractivity contribution is 0.214. The largest absolute Gasteiger partial charge is 0.487 e. The van der Waals surface area contributed by atoms with E-state index < -0.39 is 9.84 Å². The van der Waals surface area contributed by atoms with Gasteiger partial charge >= 0.3 is 0 Å². The molecule has 8 heteroatoms. The van der Waals surface area contributed by atoms with Crippen LogP contribution in [0.3, 0.4) is 0 Å². The highest BCUT2D eigenvalue weighted by Gasteiger charge is 2.29. The first kappa shape index (κ1) is 19.3. The van der Waals surface area contributed by atoms with E-state index in [0.29, 0.717) is 29.5 Å². The first-order valence-corrected chi connectivity index (χ1v) is 11.3. The number of sulfone groups is 1. The molecule has 3 rings (SSSR count). The van der Waals surface area contributed by atoms with Crippen molar-refractivity contribution in [2.75, 3.05) is 37.7 Å². The first-order chi connectivity index (χ1) is 12.5. The molecule has 1 aromatic carbocycles. The van der Waals surface area contributed by atoms with Gasteiger partial charge in [0.2, 0.25) is 0 Å². The summed E-state index contributed by atoms with van der Waals surface area (Å²) < 4.78 is 29.3. The minimum atomic E-state index is -2.86. The van der Waals surface area contributed by atoms with Crippen LogP contribution in [0.2, 0.25) is 5.02 Å². The average molecular weight is 400 g/mol. The van der Waals surface area contributed by atoms with Gasteiger partial charge in [0.15, 0.2) is 15.8 Å². The van der Waals surface area contributed by atoms with Crippen LogP contribution in [0.1, 0.15) is 19.8 Å². The van der Waals surface area contributed by atoms with Gasteiger partial charge in [-0.2, -0.15) is 0 Å². The number of rotatable bonds is 5. The van der Waals surface area contributed by atoms with Crippen molar-refractivity contribution in [3.05, 3.63) is 29.3 Å². The highest BCUT2D eigenvalue weighted by Crippen LogP contribution is 2.26. The summed E-state index contributed by atoms with van der Waals surface area (Å²) in [7, 11) is -2.86. The minimum absolute atomic E-state index is 0.0608. The Morgan fingerprint density at radius 1 is 1.38 bits per heavy atom. The molecule has 0 radical (unpaired) electrons. The third-order valence-corrected chi connectivity index (χ3v) is 6.88. The van der Waals surface area contributed by atoms with E-state index in [1.807, 2.05) is 31.2 Å². The standard InChI is InChI=1S/C18H26ClN3O3S/c1-2-20-18(21-11-14-8-10-26(23,24)13-14)22-9-7-15(12-22)25-17-6-4-3-5-16(17)19/h3-6,14-15H,2,7-13H2,1H3,(H,20,21). The van der Waals surface area contributed by atoms with Gasteiger partial charge in [0, 0.05) is 26.1 Å². The number of para-hydroxylation sites is 1. The lowest BCUT2D eigenvalue weighted by Gasteiger charge is -2.22. The molecule has 2 heterocycles. The SMILES string of the molecule is CCNC(=NCC1CCS(=O)(=O)C1)N1CCC(Oc2ccccc2Cl)C1. The maximum Gasteiger partial charge on any atom is 0.194 e. The number of hydrogen-bond donors (Lipinski definition) is 1. The van der Waals surface area contributed by atoms with Crippen molar-refractivity contribution in [1.29, 1.82) is 0 Å². The normalized spacial score (nSPS) is 25.5. The molecule has 0 aliphatic carbocycles. The van der Waals surface area contributed by atoms with Crippen LogP contribution in [-0.4, -0.2) is 63.1 Å². The maximum atomic E-state index is 11.6. The Bertz CT molecular complexity index is 754. The summed E-state index contributed by atoms with van der Waals surface area (Å²) in [5, 5.41) is 3.93. The highest BCUT2D eigenvalue weighted by atomic mass is 35.5. The smallest absolute Gasteiger partial charge is 0.194 e. The molecular formula is C18H26ClN3O3S. The third kappa shape index (κ3) is 5.04. The number of aliphatic imine (C=N–C) groups is 1. The van der Waals surface area contributed by atoms with Crippen molar-refractivity contribution in [3.63, 3.8) is 0 Å². The van der Waals surface area contributed by atoms with Gasteiger partial charge in [-0.05, 0) is 31.4 Å². The predicted octanol–water partition coefficient (Wildman–Crippen LogP) is 2.19. The zero-order valence-corrected chi connectivity index (χ0v) is 16.6. The summed E-state index contributed by atoms with van der Waals surface area (Å²) in [6.45, 7) is 4.94. The zero-order valence-electron chi connectivity index (χ0n) is 15.0. The van der Waals surface area contributed by atoms with Crippen molar-refractivity contribution in [2.24, 2.45) is 10.9 Å². The van der Waals surface area contributed by atoms with Crippen LogP contribution in [0.5, 0.6) is 5.75 Å². The number of benzene rings is 1. The van der Waals surface area contributed by atoms with Gasteiger partial charge in [0.25, 0.3) is 0 Å². The molecule has 144 valence electrons. The number of halogens is 1. The monoisotopic (exact) mass is 399 g/mol. The van der Waals surface area contributed by atoms with Crippen LogP contribution in [0.25, 0.3) is 0 Å². The van der Waals surface area contributed by atoms with Gasteiger partial charge in [0.1, 0.15) is 11.9 Å².